The highest BCUT2D eigenvalue weighted by Crippen LogP contribution is 2.19. The highest BCUT2D eigenvalue weighted by Gasteiger charge is 2.21. The summed E-state index contributed by atoms with van der Waals surface area (Å²) in [7, 11) is 0. The van der Waals surface area contributed by atoms with Crippen LogP contribution in [0.2, 0.25) is 0 Å². The van der Waals surface area contributed by atoms with Gasteiger partial charge in [0, 0.05) is 74.7 Å². The Morgan fingerprint density at radius 2 is 1.85 bits per heavy atom. The van der Waals surface area contributed by atoms with Crippen molar-refractivity contribution in [2.45, 2.75) is 19.8 Å². The molecule has 1 amide bonds. The van der Waals surface area contributed by atoms with E-state index >= 15 is 0 Å². The van der Waals surface area contributed by atoms with Crippen LogP contribution in [0.5, 0.6) is 0 Å². The van der Waals surface area contributed by atoms with Crippen LogP contribution in [0, 0.1) is 6.92 Å². The van der Waals surface area contributed by atoms with Gasteiger partial charge in [-0.15, -0.1) is 0 Å². The number of imidazole rings is 2. The van der Waals surface area contributed by atoms with E-state index in [2.05, 4.69) is 44.1 Å². The Morgan fingerprint density at radius 3 is 2.48 bits per heavy atom. The van der Waals surface area contributed by atoms with Crippen molar-refractivity contribution < 1.29 is 4.79 Å². The van der Waals surface area contributed by atoms with Gasteiger partial charge in [-0.1, -0.05) is 0 Å². The van der Waals surface area contributed by atoms with Crippen LogP contribution in [0.25, 0.3) is 5.69 Å². The number of aryl methyl sites for hydroxylation is 2. The molecule has 4 rings (SSSR count). The van der Waals surface area contributed by atoms with Crippen molar-refractivity contribution in [3.05, 3.63) is 60.7 Å². The van der Waals surface area contributed by atoms with Crippen LogP contribution in [-0.4, -0.2) is 56.5 Å². The largest absolute Gasteiger partial charge is 0.368 e. The van der Waals surface area contributed by atoms with Gasteiger partial charge in [0.05, 0.1) is 6.33 Å². The minimum atomic E-state index is 0.208. The molecule has 3 heterocycles. The summed E-state index contributed by atoms with van der Waals surface area (Å²) in [5.41, 5.74) is 3.32. The van der Waals surface area contributed by atoms with E-state index in [-0.39, 0.29) is 5.91 Å². The molecule has 0 aliphatic carbocycles. The van der Waals surface area contributed by atoms with E-state index in [1.54, 1.807) is 18.7 Å². The number of nitrogens with one attached hydrogen (secondary N) is 1. The number of carbonyl (C=O) groups excluding carboxylic acids is 1. The zero-order valence-corrected chi connectivity index (χ0v) is 15.5. The van der Waals surface area contributed by atoms with Crippen LogP contribution in [0.4, 0.5) is 5.69 Å². The van der Waals surface area contributed by atoms with Crippen molar-refractivity contribution >= 4 is 11.6 Å². The Balaban J connectivity index is 1.28. The number of H-pyrrole nitrogens is 1. The molecule has 3 aromatic rings. The molecular weight excluding hydrogens is 340 g/mol. The number of anilines is 1. The van der Waals surface area contributed by atoms with E-state index in [0.29, 0.717) is 12.8 Å². The summed E-state index contributed by atoms with van der Waals surface area (Å²) in [6.07, 6.45) is 8.48. The summed E-state index contributed by atoms with van der Waals surface area (Å²) in [5, 5.41) is 0. The first-order valence-corrected chi connectivity index (χ1v) is 9.30. The van der Waals surface area contributed by atoms with Crippen LogP contribution >= 0.6 is 0 Å². The molecule has 1 N–H and O–H groups in total. The molecule has 7 nitrogen and oxygen atoms in total. The van der Waals surface area contributed by atoms with Crippen LogP contribution in [0.15, 0.2) is 49.2 Å². The number of benzene rings is 1. The summed E-state index contributed by atoms with van der Waals surface area (Å²) >= 11 is 0. The van der Waals surface area contributed by atoms with Gasteiger partial charge in [0.2, 0.25) is 5.91 Å². The summed E-state index contributed by atoms with van der Waals surface area (Å²) in [6.45, 7) is 5.21. The molecule has 1 saturated heterocycles. The number of aromatic nitrogens is 4. The number of aromatic amines is 1. The van der Waals surface area contributed by atoms with Crippen molar-refractivity contribution in [2.75, 3.05) is 31.1 Å². The van der Waals surface area contributed by atoms with E-state index in [4.69, 9.17) is 0 Å². The SMILES string of the molecule is Cc1cnc(CCC(=O)N2CCN(c3ccc(-n4ccnc4)cc3)CC2)[nH]1. The molecule has 0 bridgehead atoms. The van der Waals surface area contributed by atoms with Gasteiger partial charge >= 0.3 is 0 Å². The second-order valence-corrected chi connectivity index (χ2v) is 6.87. The van der Waals surface area contributed by atoms with Gasteiger partial charge in [0.25, 0.3) is 0 Å². The first-order valence-electron chi connectivity index (χ1n) is 9.30. The highest BCUT2D eigenvalue weighted by molar-refractivity contribution is 5.76. The summed E-state index contributed by atoms with van der Waals surface area (Å²) in [5.74, 6) is 1.09. The first-order chi connectivity index (χ1) is 13.2. The smallest absolute Gasteiger partial charge is 0.223 e. The fourth-order valence-corrected chi connectivity index (χ4v) is 3.44. The zero-order valence-electron chi connectivity index (χ0n) is 15.5. The molecule has 0 radical (unpaired) electrons. The second kappa shape index (κ2) is 7.65. The Labute approximate surface area is 158 Å². The molecule has 1 fully saturated rings. The van der Waals surface area contributed by atoms with Gasteiger partial charge in [0.1, 0.15) is 5.82 Å². The van der Waals surface area contributed by atoms with Gasteiger partial charge in [-0.2, -0.15) is 0 Å². The van der Waals surface area contributed by atoms with Gasteiger partial charge < -0.3 is 19.4 Å². The van der Waals surface area contributed by atoms with Crippen molar-refractivity contribution in [3.8, 4) is 5.69 Å². The molecule has 1 aliphatic rings. The maximum atomic E-state index is 12.5. The van der Waals surface area contributed by atoms with E-state index in [1.165, 1.54) is 5.69 Å². The summed E-state index contributed by atoms with van der Waals surface area (Å²) < 4.78 is 1.99. The van der Waals surface area contributed by atoms with Crippen molar-refractivity contribution in [3.63, 3.8) is 0 Å². The molecule has 0 atom stereocenters. The second-order valence-electron chi connectivity index (χ2n) is 6.87. The quantitative estimate of drug-likeness (QED) is 0.753. The topological polar surface area (TPSA) is 70.1 Å². The monoisotopic (exact) mass is 364 g/mol. The Hall–Kier alpha value is -3.09. The van der Waals surface area contributed by atoms with Crippen LogP contribution < -0.4 is 4.90 Å². The Bertz CT molecular complexity index is 876. The average Bonchev–Trinajstić information content (AvgIpc) is 3.38. The van der Waals surface area contributed by atoms with Crippen LogP contribution in [0.1, 0.15) is 17.9 Å². The number of piperazine rings is 1. The third kappa shape index (κ3) is 4.02. The normalized spacial score (nSPS) is 14.6. The number of hydrogen-bond donors (Lipinski definition) is 1. The number of nitrogens with zero attached hydrogens (tertiary/aromatic N) is 5. The molecule has 0 saturated carbocycles. The lowest BCUT2D eigenvalue weighted by molar-refractivity contribution is -0.131. The van der Waals surface area contributed by atoms with Gasteiger partial charge in [-0.3, -0.25) is 4.79 Å². The molecule has 7 heteroatoms. The predicted octanol–water partition coefficient (Wildman–Crippen LogP) is 2.19. The average molecular weight is 364 g/mol. The van der Waals surface area contributed by atoms with Crippen molar-refractivity contribution in [1.82, 2.24) is 24.4 Å². The lowest BCUT2D eigenvalue weighted by Crippen LogP contribution is -2.48. The fraction of sp³-hybridized carbons (Fsp3) is 0.350. The van der Waals surface area contributed by atoms with E-state index in [1.807, 2.05) is 22.6 Å². The summed E-state index contributed by atoms with van der Waals surface area (Å²) in [4.78, 5) is 28.3. The third-order valence-electron chi connectivity index (χ3n) is 4.98. The highest BCUT2D eigenvalue weighted by atomic mass is 16.2. The van der Waals surface area contributed by atoms with Gasteiger partial charge in [-0.25, -0.2) is 9.97 Å². The van der Waals surface area contributed by atoms with E-state index in [9.17, 15) is 4.79 Å². The lowest BCUT2D eigenvalue weighted by atomic mass is 10.2. The summed E-state index contributed by atoms with van der Waals surface area (Å²) in [6, 6.07) is 8.46. The molecule has 140 valence electrons. The Morgan fingerprint density at radius 1 is 1.11 bits per heavy atom. The molecular formula is C20H24N6O. The standard InChI is InChI=1S/C20H24N6O/c1-16-14-22-19(23-16)6-7-20(27)25-12-10-24(11-13-25)17-2-4-18(5-3-17)26-9-8-21-15-26/h2-5,8-9,14-15H,6-7,10-13H2,1H3,(H,22,23). The number of amides is 1. The van der Waals surface area contributed by atoms with Crippen LogP contribution in [-0.2, 0) is 11.2 Å². The molecule has 1 aromatic carbocycles. The predicted molar refractivity (Wildman–Crippen MR) is 104 cm³/mol. The lowest BCUT2D eigenvalue weighted by Gasteiger charge is -2.36. The minimum Gasteiger partial charge on any atom is -0.368 e. The zero-order chi connectivity index (χ0) is 18.6. The fourth-order valence-electron chi connectivity index (χ4n) is 3.44. The van der Waals surface area contributed by atoms with E-state index < -0.39 is 0 Å². The van der Waals surface area contributed by atoms with Gasteiger partial charge in [-0.05, 0) is 31.2 Å². The van der Waals surface area contributed by atoms with Crippen molar-refractivity contribution in [1.29, 1.82) is 0 Å². The third-order valence-corrected chi connectivity index (χ3v) is 4.98. The number of hydrogen-bond acceptors (Lipinski definition) is 4. The number of carbonyl (C=O) groups is 1. The maximum absolute atomic E-state index is 12.5. The van der Waals surface area contributed by atoms with Crippen LogP contribution in [0.3, 0.4) is 0 Å². The molecule has 27 heavy (non-hydrogen) atoms. The molecule has 2 aromatic heterocycles. The number of rotatable bonds is 5. The first kappa shape index (κ1) is 17.3. The molecule has 0 spiro atoms. The van der Waals surface area contributed by atoms with Crippen molar-refractivity contribution in [2.24, 2.45) is 0 Å². The Kier molecular flexibility index (Phi) is 4.91. The minimum absolute atomic E-state index is 0.208. The molecule has 0 unspecified atom stereocenters. The maximum Gasteiger partial charge on any atom is 0.223 e. The van der Waals surface area contributed by atoms with Gasteiger partial charge in [0.15, 0.2) is 0 Å². The molecule has 1 aliphatic heterocycles. The van der Waals surface area contributed by atoms with E-state index in [0.717, 1.165) is 43.4 Å².